The molecule has 0 saturated heterocycles. The molecule has 3 nitrogen and oxygen atoms in total. The highest BCUT2D eigenvalue weighted by Gasteiger charge is 2.14. The number of carboxylic acid groups (broad SMARTS) is 1. The molecule has 0 amide bonds. The third kappa shape index (κ3) is 2.27. The summed E-state index contributed by atoms with van der Waals surface area (Å²) in [5.74, 6) is -0.999. The van der Waals surface area contributed by atoms with Crippen molar-refractivity contribution in [2.45, 2.75) is 17.9 Å². The maximum absolute atomic E-state index is 10.6. The fourth-order valence-corrected chi connectivity index (χ4v) is 1.82. The van der Waals surface area contributed by atoms with Crippen molar-refractivity contribution in [2.75, 3.05) is 6.26 Å². The first-order valence-corrected chi connectivity index (χ1v) is 5.41. The van der Waals surface area contributed by atoms with Gasteiger partial charge in [0, 0.05) is 4.90 Å². The van der Waals surface area contributed by atoms with Gasteiger partial charge in [-0.2, -0.15) is 0 Å². The van der Waals surface area contributed by atoms with Gasteiger partial charge in [0.25, 0.3) is 0 Å². The van der Waals surface area contributed by atoms with E-state index in [1.165, 1.54) is 0 Å². The minimum Gasteiger partial charge on any atom is -0.480 e. The molecule has 0 heterocycles. The number of carboxylic acids is 1. The molecule has 0 spiro atoms. The summed E-state index contributed by atoms with van der Waals surface area (Å²) in [6.45, 7) is 1.95. The molecule has 14 heavy (non-hydrogen) atoms. The van der Waals surface area contributed by atoms with Crippen molar-refractivity contribution >= 4 is 17.7 Å². The van der Waals surface area contributed by atoms with Gasteiger partial charge in [-0.15, -0.1) is 11.8 Å². The Labute approximate surface area is 87.3 Å². The average molecular weight is 211 g/mol. The largest absolute Gasteiger partial charge is 0.480 e. The van der Waals surface area contributed by atoms with Gasteiger partial charge in [0.15, 0.2) is 0 Å². The van der Waals surface area contributed by atoms with Crippen molar-refractivity contribution in [2.24, 2.45) is 5.73 Å². The van der Waals surface area contributed by atoms with Crippen LogP contribution in [0.1, 0.15) is 17.2 Å². The molecule has 1 rings (SSSR count). The van der Waals surface area contributed by atoms with E-state index in [9.17, 15) is 4.79 Å². The topological polar surface area (TPSA) is 63.3 Å². The zero-order valence-corrected chi connectivity index (χ0v) is 8.97. The summed E-state index contributed by atoms with van der Waals surface area (Å²) in [6.07, 6.45) is 1.99. The number of aryl methyl sites for hydroxylation is 1. The van der Waals surface area contributed by atoms with Gasteiger partial charge in [-0.1, -0.05) is 12.1 Å². The second kappa shape index (κ2) is 4.48. The van der Waals surface area contributed by atoms with Crippen LogP contribution >= 0.6 is 11.8 Å². The van der Waals surface area contributed by atoms with E-state index in [2.05, 4.69) is 0 Å². The van der Waals surface area contributed by atoms with Crippen LogP contribution in [0.2, 0.25) is 0 Å². The molecule has 1 atom stereocenters. The Morgan fingerprint density at radius 2 is 2.21 bits per heavy atom. The lowest BCUT2D eigenvalue weighted by atomic mass is 10.1. The van der Waals surface area contributed by atoms with Crippen LogP contribution in [0.25, 0.3) is 0 Å². The maximum Gasteiger partial charge on any atom is 0.325 e. The maximum atomic E-state index is 10.6. The number of benzene rings is 1. The lowest BCUT2D eigenvalue weighted by Gasteiger charge is -2.09. The molecular formula is C10H13NO2S. The first kappa shape index (κ1) is 11.1. The Bertz CT molecular complexity index is 352. The number of hydrogen-bond acceptors (Lipinski definition) is 3. The minimum absolute atomic E-state index is 0.646. The first-order chi connectivity index (χ1) is 6.56. The monoisotopic (exact) mass is 211 g/mol. The normalized spacial score (nSPS) is 12.5. The minimum atomic E-state index is -0.999. The number of carbonyl (C=O) groups is 1. The summed E-state index contributed by atoms with van der Waals surface area (Å²) in [7, 11) is 0. The molecular weight excluding hydrogens is 198 g/mol. The number of rotatable bonds is 3. The van der Waals surface area contributed by atoms with Crippen LogP contribution in [0.3, 0.4) is 0 Å². The predicted molar refractivity (Wildman–Crippen MR) is 57.5 cm³/mol. The number of nitrogens with two attached hydrogens (primary N) is 1. The van der Waals surface area contributed by atoms with Crippen molar-refractivity contribution in [3.05, 3.63) is 29.3 Å². The summed E-state index contributed by atoms with van der Waals surface area (Å²) >= 11 is 1.64. The lowest BCUT2D eigenvalue weighted by Crippen LogP contribution is -2.20. The number of thioether (sulfide) groups is 1. The molecule has 0 fully saturated rings. The number of hydrogen-bond donors (Lipinski definition) is 2. The predicted octanol–water partition coefficient (Wildman–Crippen LogP) is 1.80. The van der Waals surface area contributed by atoms with Crippen molar-refractivity contribution in [3.63, 3.8) is 0 Å². The van der Waals surface area contributed by atoms with Crippen LogP contribution < -0.4 is 5.73 Å². The standard InChI is InChI=1S/C10H13NO2S/c1-6-5-7(9(11)10(12)13)3-4-8(6)14-2/h3-5,9H,11H2,1-2H3,(H,12,13). The van der Waals surface area contributed by atoms with Gasteiger partial charge in [-0.05, 0) is 30.4 Å². The van der Waals surface area contributed by atoms with Gasteiger partial charge in [0.05, 0.1) is 0 Å². The summed E-state index contributed by atoms with van der Waals surface area (Å²) in [6, 6.07) is 4.56. The van der Waals surface area contributed by atoms with E-state index >= 15 is 0 Å². The van der Waals surface area contributed by atoms with Gasteiger partial charge in [-0.3, -0.25) is 4.79 Å². The molecule has 1 unspecified atom stereocenters. The van der Waals surface area contributed by atoms with Crippen LogP contribution in [-0.4, -0.2) is 17.3 Å². The van der Waals surface area contributed by atoms with Gasteiger partial charge < -0.3 is 10.8 Å². The van der Waals surface area contributed by atoms with E-state index in [0.29, 0.717) is 5.56 Å². The van der Waals surface area contributed by atoms with Crippen LogP contribution in [-0.2, 0) is 4.79 Å². The lowest BCUT2D eigenvalue weighted by molar-refractivity contribution is -0.138. The molecule has 76 valence electrons. The highest BCUT2D eigenvalue weighted by Crippen LogP contribution is 2.22. The van der Waals surface area contributed by atoms with E-state index in [-0.39, 0.29) is 0 Å². The van der Waals surface area contributed by atoms with Crippen LogP contribution in [0.4, 0.5) is 0 Å². The highest BCUT2D eigenvalue weighted by molar-refractivity contribution is 7.98. The molecule has 0 aliphatic heterocycles. The van der Waals surface area contributed by atoms with Gasteiger partial charge in [0.1, 0.15) is 6.04 Å². The van der Waals surface area contributed by atoms with Crippen LogP contribution in [0.15, 0.2) is 23.1 Å². The summed E-state index contributed by atoms with van der Waals surface area (Å²) in [4.78, 5) is 11.8. The first-order valence-electron chi connectivity index (χ1n) is 4.19. The Morgan fingerprint density at radius 1 is 1.57 bits per heavy atom. The Hall–Kier alpha value is -1.00. The Balaban J connectivity index is 3.02. The third-order valence-corrected chi connectivity index (χ3v) is 2.94. The van der Waals surface area contributed by atoms with Crippen molar-refractivity contribution in [3.8, 4) is 0 Å². The fourth-order valence-electron chi connectivity index (χ4n) is 1.24. The summed E-state index contributed by atoms with van der Waals surface area (Å²) < 4.78 is 0. The molecule has 4 heteroatoms. The Kier molecular flexibility index (Phi) is 3.55. The molecule has 0 aromatic heterocycles. The van der Waals surface area contributed by atoms with E-state index in [1.54, 1.807) is 17.8 Å². The molecule has 0 bridgehead atoms. The van der Waals surface area contributed by atoms with Gasteiger partial charge >= 0.3 is 5.97 Å². The smallest absolute Gasteiger partial charge is 0.325 e. The molecule has 3 N–H and O–H groups in total. The second-order valence-corrected chi connectivity index (χ2v) is 3.89. The summed E-state index contributed by atoms with van der Waals surface area (Å²) in [5, 5.41) is 8.72. The highest BCUT2D eigenvalue weighted by atomic mass is 32.2. The van der Waals surface area contributed by atoms with Crippen LogP contribution in [0, 0.1) is 6.92 Å². The third-order valence-electron chi connectivity index (χ3n) is 2.04. The fraction of sp³-hybridized carbons (Fsp3) is 0.300. The molecule has 0 aliphatic rings. The number of aliphatic carboxylic acids is 1. The van der Waals surface area contributed by atoms with E-state index < -0.39 is 12.0 Å². The van der Waals surface area contributed by atoms with E-state index in [0.717, 1.165) is 10.5 Å². The molecule has 0 aliphatic carbocycles. The van der Waals surface area contributed by atoms with Crippen molar-refractivity contribution < 1.29 is 9.90 Å². The SMILES string of the molecule is CSc1ccc(C(N)C(=O)O)cc1C. The van der Waals surface area contributed by atoms with Crippen molar-refractivity contribution in [1.82, 2.24) is 0 Å². The molecule has 0 radical (unpaired) electrons. The van der Waals surface area contributed by atoms with Gasteiger partial charge in [-0.25, -0.2) is 0 Å². The van der Waals surface area contributed by atoms with E-state index in [4.69, 9.17) is 10.8 Å². The zero-order valence-electron chi connectivity index (χ0n) is 8.15. The quantitative estimate of drug-likeness (QED) is 0.748. The molecule has 1 aromatic rings. The van der Waals surface area contributed by atoms with Crippen LogP contribution in [0.5, 0.6) is 0 Å². The van der Waals surface area contributed by atoms with E-state index in [1.807, 2.05) is 25.3 Å². The molecule has 0 saturated carbocycles. The zero-order chi connectivity index (χ0) is 10.7. The molecule has 1 aromatic carbocycles. The van der Waals surface area contributed by atoms with Gasteiger partial charge in [0.2, 0.25) is 0 Å². The second-order valence-electron chi connectivity index (χ2n) is 3.04. The summed E-state index contributed by atoms with van der Waals surface area (Å²) in [5.41, 5.74) is 7.20. The van der Waals surface area contributed by atoms with Crippen molar-refractivity contribution in [1.29, 1.82) is 0 Å². The average Bonchev–Trinajstić information content (AvgIpc) is 2.16. The Morgan fingerprint density at radius 3 is 2.64 bits per heavy atom.